The van der Waals surface area contributed by atoms with Gasteiger partial charge < -0.3 is 5.11 Å². The summed E-state index contributed by atoms with van der Waals surface area (Å²) in [5.41, 5.74) is 5.13. The van der Waals surface area contributed by atoms with Crippen LogP contribution < -0.4 is 0 Å². The minimum absolute atomic E-state index is 0.00738. The van der Waals surface area contributed by atoms with E-state index in [4.69, 9.17) is 0 Å². The molecule has 3 aromatic rings. The van der Waals surface area contributed by atoms with E-state index in [1.54, 1.807) is 18.3 Å². The molecule has 0 spiro atoms. The quantitative estimate of drug-likeness (QED) is 0.605. The largest absolute Gasteiger partial charge is 0.508 e. The van der Waals surface area contributed by atoms with Crippen molar-refractivity contribution in [1.82, 2.24) is 4.98 Å². The molecule has 2 aromatic carbocycles. The van der Waals surface area contributed by atoms with Gasteiger partial charge in [0, 0.05) is 17.8 Å². The molecule has 4 heteroatoms. The summed E-state index contributed by atoms with van der Waals surface area (Å²) in [6.07, 6.45) is 2.27. The standard InChI is InChI=1S/C22H22N2O2/c1-15-5-3-4-6-20(15)21(17-7-9-19(25)10-8-17)14-22(24-26)18-11-12-23-16(2)13-18/h3-13,21-22,25H,14H2,1-2H3/t21-,22?/m1/s1. The summed E-state index contributed by atoms with van der Waals surface area (Å²) in [5.74, 6) is 0.236. The van der Waals surface area contributed by atoms with E-state index in [-0.39, 0.29) is 11.7 Å². The van der Waals surface area contributed by atoms with Crippen LogP contribution in [0.2, 0.25) is 0 Å². The molecular weight excluding hydrogens is 324 g/mol. The minimum Gasteiger partial charge on any atom is -0.508 e. The molecule has 3 rings (SSSR count). The van der Waals surface area contributed by atoms with Gasteiger partial charge in [-0.1, -0.05) is 41.6 Å². The van der Waals surface area contributed by atoms with E-state index in [1.807, 2.05) is 43.3 Å². The summed E-state index contributed by atoms with van der Waals surface area (Å²) >= 11 is 0. The molecular formula is C22H22N2O2. The Balaban J connectivity index is 2.01. The third kappa shape index (κ3) is 3.97. The van der Waals surface area contributed by atoms with Crippen molar-refractivity contribution in [2.75, 3.05) is 0 Å². The van der Waals surface area contributed by atoms with E-state index in [9.17, 15) is 10.0 Å². The molecule has 1 aromatic heterocycles. The van der Waals surface area contributed by atoms with Crippen molar-refractivity contribution >= 4 is 0 Å². The van der Waals surface area contributed by atoms with Gasteiger partial charge in [0.15, 0.2) is 0 Å². The van der Waals surface area contributed by atoms with Crippen molar-refractivity contribution < 1.29 is 5.11 Å². The highest BCUT2D eigenvalue weighted by molar-refractivity contribution is 5.40. The predicted octanol–water partition coefficient (Wildman–Crippen LogP) is 5.43. The molecule has 4 nitrogen and oxygen atoms in total. The van der Waals surface area contributed by atoms with Crippen molar-refractivity contribution in [3.8, 4) is 5.75 Å². The van der Waals surface area contributed by atoms with Crippen LogP contribution in [0.1, 0.15) is 46.3 Å². The molecule has 0 aliphatic rings. The average Bonchev–Trinajstić information content (AvgIpc) is 2.65. The Morgan fingerprint density at radius 3 is 2.38 bits per heavy atom. The lowest BCUT2D eigenvalue weighted by Gasteiger charge is -2.23. The van der Waals surface area contributed by atoms with Gasteiger partial charge >= 0.3 is 0 Å². The Bertz CT molecular complexity index is 891. The first kappa shape index (κ1) is 17.8. The Morgan fingerprint density at radius 1 is 1.00 bits per heavy atom. The molecule has 1 N–H and O–H groups in total. The normalized spacial score (nSPS) is 13.2. The predicted molar refractivity (Wildman–Crippen MR) is 103 cm³/mol. The van der Waals surface area contributed by atoms with Crippen LogP contribution in [-0.2, 0) is 0 Å². The van der Waals surface area contributed by atoms with Crippen LogP contribution in [0.25, 0.3) is 0 Å². The van der Waals surface area contributed by atoms with Crippen molar-refractivity contribution in [2.45, 2.75) is 32.2 Å². The minimum atomic E-state index is -0.463. The summed E-state index contributed by atoms with van der Waals surface area (Å²) in [6, 6.07) is 18.7. The van der Waals surface area contributed by atoms with Crippen molar-refractivity contribution in [1.29, 1.82) is 0 Å². The lowest BCUT2D eigenvalue weighted by molar-refractivity contribution is 0.474. The highest BCUT2D eigenvalue weighted by atomic mass is 16.3. The third-order valence-corrected chi connectivity index (χ3v) is 4.75. The van der Waals surface area contributed by atoms with E-state index in [2.05, 4.69) is 29.2 Å². The number of hydrogen-bond acceptors (Lipinski definition) is 4. The topological polar surface area (TPSA) is 62.6 Å². The summed E-state index contributed by atoms with van der Waals surface area (Å²) in [4.78, 5) is 15.8. The van der Waals surface area contributed by atoms with Gasteiger partial charge in [0.1, 0.15) is 11.8 Å². The smallest absolute Gasteiger partial charge is 0.118 e. The SMILES string of the molecule is Cc1cc(C(C[C@H](c2ccc(O)cc2)c2ccccc2C)N=O)ccn1. The number of phenolic OH excluding ortho intramolecular Hbond substituents is 1. The van der Waals surface area contributed by atoms with Crippen LogP contribution in [0.15, 0.2) is 72.0 Å². The van der Waals surface area contributed by atoms with E-state index >= 15 is 0 Å². The second-order valence-corrected chi connectivity index (χ2v) is 6.59. The van der Waals surface area contributed by atoms with Gasteiger partial charge in [-0.3, -0.25) is 4.98 Å². The number of benzene rings is 2. The summed E-state index contributed by atoms with van der Waals surface area (Å²) in [7, 11) is 0. The fraction of sp³-hybridized carbons (Fsp3) is 0.227. The Hall–Kier alpha value is -3.01. The Labute approximate surface area is 153 Å². The number of aromatic nitrogens is 1. The highest BCUT2D eigenvalue weighted by Crippen LogP contribution is 2.37. The van der Waals surface area contributed by atoms with Crippen LogP contribution in [0.5, 0.6) is 5.75 Å². The molecule has 132 valence electrons. The first-order valence-corrected chi connectivity index (χ1v) is 8.68. The molecule has 0 bridgehead atoms. The molecule has 1 unspecified atom stereocenters. The molecule has 1 heterocycles. The van der Waals surface area contributed by atoms with Crippen LogP contribution in [0, 0.1) is 18.8 Å². The number of aromatic hydroxyl groups is 1. The molecule has 0 saturated carbocycles. The molecule has 2 atom stereocenters. The Kier molecular flexibility index (Phi) is 5.42. The lowest BCUT2D eigenvalue weighted by Crippen LogP contribution is -2.08. The monoisotopic (exact) mass is 346 g/mol. The summed E-state index contributed by atoms with van der Waals surface area (Å²) in [6.45, 7) is 3.98. The maximum absolute atomic E-state index is 11.6. The number of nitroso groups, excluding NO2 is 1. The van der Waals surface area contributed by atoms with Crippen LogP contribution in [0.3, 0.4) is 0 Å². The van der Waals surface area contributed by atoms with Gasteiger partial charge in [0.05, 0.1) is 0 Å². The fourth-order valence-corrected chi connectivity index (χ4v) is 3.36. The number of pyridine rings is 1. The second kappa shape index (κ2) is 7.91. The maximum Gasteiger partial charge on any atom is 0.118 e. The fourth-order valence-electron chi connectivity index (χ4n) is 3.36. The first-order valence-electron chi connectivity index (χ1n) is 8.68. The van der Waals surface area contributed by atoms with Crippen molar-refractivity contribution in [2.24, 2.45) is 5.18 Å². The maximum atomic E-state index is 11.6. The van der Waals surface area contributed by atoms with Crippen LogP contribution in [0.4, 0.5) is 0 Å². The summed E-state index contributed by atoms with van der Waals surface area (Å²) < 4.78 is 0. The van der Waals surface area contributed by atoms with Crippen LogP contribution in [-0.4, -0.2) is 10.1 Å². The number of nitrogens with zero attached hydrogens (tertiary/aromatic N) is 2. The van der Waals surface area contributed by atoms with Gasteiger partial charge in [-0.2, -0.15) is 4.91 Å². The van der Waals surface area contributed by atoms with Crippen molar-refractivity contribution in [3.05, 3.63) is 99.7 Å². The second-order valence-electron chi connectivity index (χ2n) is 6.59. The van der Waals surface area contributed by atoms with E-state index in [0.29, 0.717) is 6.42 Å². The van der Waals surface area contributed by atoms with Gasteiger partial charge in [0.25, 0.3) is 0 Å². The molecule has 0 aliphatic heterocycles. The number of rotatable bonds is 6. The zero-order valence-electron chi connectivity index (χ0n) is 15.0. The first-order chi connectivity index (χ1) is 12.6. The van der Waals surface area contributed by atoms with Gasteiger partial charge in [-0.05, 0) is 66.8 Å². The molecule has 0 radical (unpaired) electrons. The van der Waals surface area contributed by atoms with E-state index < -0.39 is 6.04 Å². The van der Waals surface area contributed by atoms with Crippen molar-refractivity contribution in [3.63, 3.8) is 0 Å². The van der Waals surface area contributed by atoms with Crippen LogP contribution >= 0.6 is 0 Å². The molecule has 0 aliphatic carbocycles. The average molecular weight is 346 g/mol. The third-order valence-electron chi connectivity index (χ3n) is 4.75. The number of aryl methyl sites for hydroxylation is 2. The van der Waals surface area contributed by atoms with E-state index in [1.165, 1.54) is 5.56 Å². The Morgan fingerprint density at radius 2 is 1.73 bits per heavy atom. The number of hydrogen-bond donors (Lipinski definition) is 1. The van der Waals surface area contributed by atoms with Gasteiger partial charge in [-0.25, -0.2) is 0 Å². The molecule has 0 fully saturated rings. The highest BCUT2D eigenvalue weighted by Gasteiger charge is 2.23. The molecule has 26 heavy (non-hydrogen) atoms. The number of phenols is 1. The summed E-state index contributed by atoms with van der Waals surface area (Å²) in [5, 5.41) is 13.0. The van der Waals surface area contributed by atoms with E-state index in [0.717, 1.165) is 22.4 Å². The zero-order valence-corrected chi connectivity index (χ0v) is 15.0. The lowest BCUT2D eigenvalue weighted by atomic mass is 9.82. The molecule has 0 amide bonds. The van der Waals surface area contributed by atoms with Gasteiger partial charge in [-0.15, -0.1) is 0 Å². The van der Waals surface area contributed by atoms with Gasteiger partial charge in [0.2, 0.25) is 0 Å². The molecule has 0 saturated heterocycles. The zero-order chi connectivity index (χ0) is 18.5.